The number of nitro groups is 1. The topological polar surface area (TPSA) is 113 Å². The number of rotatable bonds is 2. The fourth-order valence-electron chi connectivity index (χ4n) is 4.32. The Hall–Kier alpha value is -4.85. The Morgan fingerprint density at radius 2 is 1.44 bits per heavy atom. The monoisotopic (exact) mass is 447 g/mol. The summed E-state index contributed by atoms with van der Waals surface area (Å²) in [4.78, 5) is 36.7. The maximum Gasteiger partial charge on any atom is 0.269 e. The molecule has 4 aliphatic heterocycles. The molecule has 2 N–H and O–H groups in total. The number of nitrogens with zero attached hydrogens (tertiary/aromatic N) is 3. The van der Waals surface area contributed by atoms with Crippen molar-refractivity contribution in [3.05, 3.63) is 122 Å². The van der Waals surface area contributed by atoms with Gasteiger partial charge in [0.15, 0.2) is 5.78 Å². The van der Waals surface area contributed by atoms with Gasteiger partial charge in [0, 0.05) is 34.6 Å². The molecule has 8 heteroatoms. The Morgan fingerprint density at radius 1 is 0.794 bits per heavy atom. The van der Waals surface area contributed by atoms with Crippen LogP contribution in [-0.4, -0.2) is 27.1 Å². The van der Waals surface area contributed by atoms with Gasteiger partial charge in [-0.25, -0.2) is 9.98 Å². The van der Waals surface area contributed by atoms with Crippen molar-refractivity contribution in [1.82, 2.24) is 10.3 Å². The van der Waals surface area contributed by atoms with Crippen LogP contribution in [0.4, 0.5) is 5.69 Å². The summed E-state index contributed by atoms with van der Waals surface area (Å²) < 4.78 is 0. The minimum atomic E-state index is -1.25. The molecule has 164 valence electrons. The predicted octanol–water partition coefficient (Wildman–Crippen LogP) is 2.24. The molecule has 6 rings (SSSR count). The second kappa shape index (κ2) is 7.35. The van der Waals surface area contributed by atoms with Crippen molar-refractivity contribution in [2.75, 3.05) is 0 Å². The smallest absolute Gasteiger partial charge is 0.269 e. The molecule has 34 heavy (non-hydrogen) atoms. The number of fused-ring (bicyclic) bond motifs is 6. The zero-order chi connectivity index (χ0) is 23.3. The number of hydrogen-bond acceptors (Lipinski definition) is 6. The lowest BCUT2D eigenvalue weighted by molar-refractivity contribution is -0.384. The molecule has 1 aromatic carbocycles. The van der Waals surface area contributed by atoms with Crippen LogP contribution in [0.1, 0.15) is 5.56 Å². The molecule has 1 atom stereocenters. The minimum absolute atomic E-state index is 0.0445. The number of non-ortho nitro benzene ring substituents is 1. The molecule has 2 aromatic rings. The first-order valence-corrected chi connectivity index (χ1v) is 10.6. The van der Waals surface area contributed by atoms with Gasteiger partial charge in [-0.1, -0.05) is 0 Å². The summed E-state index contributed by atoms with van der Waals surface area (Å²) in [6.07, 6.45) is 16.5. The van der Waals surface area contributed by atoms with Gasteiger partial charge in [-0.15, -0.1) is 0 Å². The van der Waals surface area contributed by atoms with Gasteiger partial charge in [0.05, 0.1) is 27.7 Å². The quantitative estimate of drug-likeness (QED) is 0.543. The van der Waals surface area contributed by atoms with Crippen LogP contribution in [0.15, 0.2) is 106 Å². The van der Waals surface area contributed by atoms with Crippen LogP contribution in [0.2, 0.25) is 0 Å². The molecule has 0 fully saturated rings. The second-order valence-electron chi connectivity index (χ2n) is 8.24. The molecular formula is C26H17N5O3. The van der Waals surface area contributed by atoms with Crippen LogP contribution < -0.4 is 16.0 Å². The highest BCUT2D eigenvalue weighted by atomic mass is 16.6. The van der Waals surface area contributed by atoms with E-state index in [0.29, 0.717) is 22.7 Å². The molecule has 0 saturated carbocycles. The summed E-state index contributed by atoms with van der Waals surface area (Å²) in [7, 11) is 0. The number of carbonyl (C=O) groups excluding carboxylic acids is 1. The highest BCUT2D eigenvalue weighted by Crippen LogP contribution is 2.35. The van der Waals surface area contributed by atoms with E-state index in [2.05, 4.69) is 20.3 Å². The van der Waals surface area contributed by atoms with Gasteiger partial charge >= 0.3 is 0 Å². The van der Waals surface area contributed by atoms with Gasteiger partial charge in [-0.3, -0.25) is 14.9 Å². The number of aliphatic imine (C=N–C) groups is 2. The molecule has 1 aromatic heterocycles. The van der Waals surface area contributed by atoms with E-state index in [1.54, 1.807) is 24.3 Å². The van der Waals surface area contributed by atoms with Gasteiger partial charge < -0.3 is 10.3 Å². The SMILES string of the molecule is O=C1C=C2C=C3C=CC(=N3)C=c3ccc([nH]3)=CC3=NC(=CC1(c1ccc([N+](=O)[O-])cc1)N2)C=C3. The number of H-pyrrole nitrogens is 1. The van der Waals surface area contributed by atoms with Crippen molar-refractivity contribution in [3.8, 4) is 0 Å². The summed E-state index contributed by atoms with van der Waals surface area (Å²) in [5.74, 6) is -0.197. The van der Waals surface area contributed by atoms with Crippen molar-refractivity contribution >= 4 is 35.0 Å². The summed E-state index contributed by atoms with van der Waals surface area (Å²) in [6, 6.07) is 9.93. The third-order valence-electron chi connectivity index (χ3n) is 5.92. The minimum Gasteiger partial charge on any atom is -0.365 e. The number of ketones is 1. The molecule has 1 unspecified atom stereocenters. The maximum absolute atomic E-state index is 13.4. The zero-order valence-electron chi connectivity index (χ0n) is 17.7. The molecule has 8 bridgehead atoms. The van der Waals surface area contributed by atoms with Crippen LogP contribution in [0, 0.1) is 10.1 Å². The van der Waals surface area contributed by atoms with Crippen molar-refractivity contribution in [2.45, 2.75) is 5.54 Å². The fraction of sp³-hybridized carbons (Fsp3) is 0.0385. The number of allylic oxidation sites excluding steroid dienone is 5. The maximum atomic E-state index is 13.4. The normalized spacial score (nSPS) is 22.1. The standard InChI is InChI=1S/C26H17N5O3/c32-25-14-23-13-21-6-5-18(28-21)11-17-3-4-19(27-17)12-20-7-8-22(29-20)15-26(25,30-23)16-1-9-24(10-2-16)31(33)34/h1-15,27,30H. The Kier molecular flexibility index (Phi) is 4.28. The highest BCUT2D eigenvalue weighted by Gasteiger charge is 2.42. The van der Waals surface area contributed by atoms with Crippen molar-refractivity contribution in [2.24, 2.45) is 9.98 Å². The van der Waals surface area contributed by atoms with Crippen LogP contribution in [-0.2, 0) is 10.3 Å². The van der Waals surface area contributed by atoms with Crippen molar-refractivity contribution in [1.29, 1.82) is 0 Å². The summed E-state index contributed by atoms with van der Waals surface area (Å²) in [5, 5.41) is 16.3. The Labute approximate surface area is 193 Å². The average Bonchev–Trinajstić information content (AvgIpc) is 3.59. The molecule has 0 aliphatic carbocycles. The van der Waals surface area contributed by atoms with Crippen LogP contribution in [0.25, 0.3) is 12.2 Å². The zero-order valence-corrected chi connectivity index (χ0v) is 17.7. The molecule has 0 amide bonds. The van der Waals surface area contributed by atoms with Gasteiger partial charge in [-0.05, 0) is 78.4 Å². The van der Waals surface area contributed by atoms with E-state index >= 15 is 0 Å². The first-order chi connectivity index (χ1) is 16.5. The highest BCUT2D eigenvalue weighted by molar-refractivity contribution is 6.20. The molecule has 0 radical (unpaired) electrons. The fourth-order valence-corrected chi connectivity index (χ4v) is 4.32. The van der Waals surface area contributed by atoms with Crippen LogP contribution in [0.5, 0.6) is 0 Å². The third kappa shape index (κ3) is 3.38. The number of benzene rings is 1. The van der Waals surface area contributed by atoms with Gasteiger partial charge in [0.1, 0.15) is 5.54 Å². The third-order valence-corrected chi connectivity index (χ3v) is 5.92. The first kappa shape index (κ1) is 19.8. The lowest BCUT2D eigenvalue weighted by Gasteiger charge is -2.27. The number of carbonyl (C=O) groups is 1. The van der Waals surface area contributed by atoms with Crippen molar-refractivity contribution < 1.29 is 9.72 Å². The molecule has 8 nitrogen and oxygen atoms in total. The molecular weight excluding hydrogens is 430 g/mol. The Balaban J connectivity index is 1.54. The number of aromatic nitrogens is 1. The largest absolute Gasteiger partial charge is 0.365 e. The second-order valence-corrected chi connectivity index (χ2v) is 8.24. The van der Waals surface area contributed by atoms with E-state index < -0.39 is 10.5 Å². The van der Waals surface area contributed by atoms with Crippen LogP contribution in [0.3, 0.4) is 0 Å². The first-order valence-electron chi connectivity index (χ1n) is 10.6. The lowest BCUT2D eigenvalue weighted by atomic mass is 9.86. The molecule has 5 heterocycles. The molecule has 0 spiro atoms. The van der Waals surface area contributed by atoms with E-state index in [1.807, 2.05) is 48.6 Å². The van der Waals surface area contributed by atoms with Gasteiger partial charge in [0.2, 0.25) is 0 Å². The predicted molar refractivity (Wildman–Crippen MR) is 129 cm³/mol. The summed E-state index contributed by atoms with van der Waals surface area (Å²) in [5.41, 5.74) is 2.72. The van der Waals surface area contributed by atoms with E-state index in [9.17, 15) is 14.9 Å². The lowest BCUT2D eigenvalue weighted by Crippen LogP contribution is -2.41. The van der Waals surface area contributed by atoms with E-state index in [-0.39, 0.29) is 11.5 Å². The number of nitro benzene ring substituents is 1. The Morgan fingerprint density at radius 3 is 2.12 bits per heavy atom. The average molecular weight is 447 g/mol. The summed E-state index contributed by atoms with van der Waals surface area (Å²) in [6.45, 7) is 0. The van der Waals surface area contributed by atoms with Crippen LogP contribution >= 0.6 is 0 Å². The van der Waals surface area contributed by atoms with Gasteiger partial charge in [0.25, 0.3) is 5.69 Å². The molecule has 0 saturated heterocycles. The van der Waals surface area contributed by atoms with E-state index in [1.165, 1.54) is 18.2 Å². The molecule has 4 aliphatic rings. The van der Waals surface area contributed by atoms with E-state index in [4.69, 9.17) is 0 Å². The number of aromatic amines is 1. The van der Waals surface area contributed by atoms with Gasteiger partial charge in [-0.2, -0.15) is 0 Å². The van der Waals surface area contributed by atoms with E-state index in [0.717, 1.165) is 22.1 Å². The Bertz CT molecular complexity index is 1610. The number of hydrogen-bond donors (Lipinski definition) is 2. The number of nitrogens with one attached hydrogen (secondary N) is 2. The summed E-state index contributed by atoms with van der Waals surface area (Å²) >= 11 is 0. The van der Waals surface area contributed by atoms with Crippen molar-refractivity contribution in [3.63, 3.8) is 0 Å².